The van der Waals surface area contributed by atoms with Gasteiger partial charge < -0.3 is 22.9 Å². The summed E-state index contributed by atoms with van der Waals surface area (Å²) in [6.45, 7) is 1.06. The molecule has 6 heteroatoms. The Morgan fingerprint density at radius 1 is 1.25 bits per heavy atom. The van der Waals surface area contributed by atoms with Gasteiger partial charge in [-0.05, 0) is 56.5 Å². The van der Waals surface area contributed by atoms with Crippen LogP contribution in [-0.4, -0.2) is 24.9 Å². The fraction of sp³-hybridized carbons (Fsp3) is 0.857. The summed E-state index contributed by atoms with van der Waals surface area (Å²) in [6, 6.07) is 0. The van der Waals surface area contributed by atoms with Crippen molar-refractivity contribution in [2.24, 2.45) is 40.2 Å². The highest BCUT2D eigenvalue weighted by atomic mass is 16.1. The third-order valence-electron chi connectivity index (χ3n) is 4.72. The van der Waals surface area contributed by atoms with Crippen LogP contribution in [0.1, 0.15) is 44.9 Å². The molecule has 20 heavy (non-hydrogen) atoms. The van der Waals surface area contributed by atoms with Crippen LogP contribution in [0.4, 0.5) is 0 Å². The second-order valence-electron chi connectivity index (χ2n) is 6.08. The number of carbonyl (C=O) groups is 2. The largest absolute Gasteiger partial charge is 0.370 e. The van der Waals surface area contributed by atoms with Crippen molar-refractivity contribution in [2.75, 3.05) is 13.1 Å². The highest BCUT2D eigenvalue weighted by Gasteiger charge is 2.43. The molecule has 0 saturated heterocycles. The molecule has 1 saturated carbocycles. The molecule has 1 aliphatic carbocycles. The molecule has 0 spiro atoms. The monoisotopic (exact) mass is 284 g/mol. The molecule has 0 radical (unpaired) electrons. The number of hydrogen-bond acceptors (Lipinski definition) is 4. The van der Waals surface area contributed by atoms with Crippen LogP contribution >= 0.6 is 0 Å². The molecule has 0 bridgehead atoms. The lowest BCUT2D eigenvalue weighted by Crippen LogP contribution is -2.48. The van der Waals surface area contributed by atoms with Gasteiger partial charge in [0, 0.05) is 12.3 Å². The van der Waals surface area contributed by atoms with Crippen molar-refractivity contribution in [1.82, 2.24) is 0 Å². The van der Waals surface area contributed by atoms with Crippen molar-refractivity contribution < 1.29 is 9.59 Å². The third kappa shape index (κ3) is 4.18. The molecule has 1 rings (SSSR count). The molecule has 0 aliphatic heterocycles. The summed E-state index contributed by atoms with van der Waals surface area (Å²) in [4.78, 5) is 22.7. The normalized spacial score (nSPS) is 28.0. The number of amides is 2. The van der Waals surface area contributed by atoms with Gasteiger partial charge in [-0.15, -0.1) is 0 Å². The van der Waals surface area contributed by atoms with Crippen molar-refractivity contribution in [1.29, 1.82) is 0 Å². The van der Waals surface area contributed by atoms with E-state index in [0.717, 1.165) is 25.7 Å². The second kappa shape index (κ2) is 7.59. The third-order valence-corrected chi connectivity index (χ3v) is 4.72. The van der Waals surface area contributed by atoms with Gasteiger partial charge in [0.15, 0.2) is 0 Å². The Morgan fingerprint density at radius 2 is 1.95 bits per heavy atom. The average molecular weight is 284 g/mol. The lowest BCUT2D eigenvalue weighted by molar-refractivity contribution is -0.128. The fourth-order valence-corrected chi connectivity index (χ4v) is 3.60. The van der Waals surface area contributed by atoms with Crippen molar-refractivity contribution in [3.63, 3.8) is 0 Å². The minimum Gasteiger partial charge on any atom is -0.370 e. The Hall–Kier alpha value is -1.14. The molecule has 2 amide bonds. The number of rotatable bonds is 8. The van der Waals surface area contributed by atoms with E-state index in [4.69, 9.17) is 22.9 Å². The van der Waals surface area contributed by atoms with E-state index >= 15 is 0 Å². The van der Waals surface area contributed by atoms with Crippen molar-refractivity contribution in [2.45, 2.75) is 44.9 Å². The van der Waals surface area contributed by atoms with E-state index in [9.17, 15) is 9.59 Å². The Bertz CT molecular complexity index is 348. The number of hydrogen-bond donors (Lipinski definition) is 4. The van der Waals surface area contributed by atoms with Crippen LogP contribution in [0.2, 0.25) is 0 Å². The van der Waals surface area contributed by atoms with Gasteiger partial charge >= 0.3 is 0 Å². The van der Waals surface area contributed by atoms with E-state index in [1.807, 2.05) is 0 Å². The van der Waals surface area contributed by atoms with Crippen LogP contribution in [0.3, 0.4) is 0 Å². The van der Waals surface area contributed by atoms with Gasteiger partial charge in [0.2, 0.25) is 11.8 Å². The first-order valence-corrected chi connectivity index (χ1v) is 7.43. The van der Waals surface area contributed by atoms with Crippen LogP contribution < -0.4 is 22.9 Å². The zero-order chi connectivity index (χ0) is 15.2. The first kappa shape index (κ1) is 16.9. The summed E-state index contributed by atoms with van der Waals surface area (Å²) in [5, 5.41) is 0. The Kier molecular flexibility index (Phi) is 6.42. The van der Waals surface area contributed by atoms with E-state index in [2.05, 4.69) is 0 Å². The van der Waals surface area contributed by atoms with Crippen LogP contribution in [0, 0.1) is 17.3 Å². The zero-order valence-corrected chi connectivity index (χ0v) is 12.1. The molecule has 0 aromatic carbocycles. The molecular weight excluding hydrogens is 256 g/mol. The minimum absolute atomic E-state index is 0.258. The van der Waals surface area contributed by atoms with E-state index in [1.165, 1.54) is 0 Å². The number of nitrogens with two attached hydrogens (primary N) is 4. The molecule has 0 aromatic rings. The van der Waals surface area contributed by atoms with Gasteiger partial charge in [-0.1, -0.05) is 6.42 Å². The standard InChI is InChI=1S/C14H28N4O2/c15-8-10-3-2-6-14(7-10,9-16)11(13(18)20)4-1-5-12(17)19/h10-11H,1-9,15-16H2,(H2,17,19)(H2,18,20). The predicted octanol–water partition coefficient (Wildman–Crippen LogP) is -0.162. The lowest BCUT2D eigenvalue weighted by Gasteiger charge is -2.44. The maximum atomic E-state index is 11.9. The summed E-state index contributed by atoms with van der Waals surface area (Å²) in [7, 11) is 0. The first-order chi connectivity index (χ1) is 9.45. The Morgan fingerprint density at radius 3 is 2.45 bits per heavy atom. The van der Waals surface area contributed by atoms with E-state index in [0.29, 0.717) is 31.8 Å². The molecular formula is C14H28N4O2. The van der Waals surface area contributed by atoms with Gasteiger partial charge in [-0.25, -0.2) is 0 Å². The van der Waals surface area contributed by atoms with Crippen molar-refractivity contribution in [3.8, 4) is 0 Å². The maximum absolute atomic E-state index is 11.9. The van der Waals surface area contributed by atoms with Crippen molar-refractivity contribution in [3.05, 3.63) is 0 Å². The molecule has 116 valence electrons. The summed E-state index contributed by atoms with van der Waals surface area (Å²) in [6.07, 6.45) is 5.31. The summed E-state index contributed by atoms with van der Waals surface area (Å²) >= 11 is 0. The quantitative estimate of drug-likeness (QED) is 0.491. The molecule has 1 fully saturated rings. The summed E-state index contributed by atoms with van der Waals surface area (Å²) < 4.78 is 0. The van der Waals surface area contributed by atoms with Gasteiger partial charge in [0.25, 0.3) is 0 Å². The van der Waals surface area contributed by atoms with Gasteiger partial charge in [0.1, 0.15) is 0 Å². The number of carbonyl (C=O) groups excluding carboxylic acids is 2. The van der Waals surface area contributed by atoms with Gasteiger partial charge in [-0.3, -0.25) is 9.59 Å². The van der Waals surface area contributed by atoms with Crippen LogP contribution in [0.25, 0.3) is 0 Å². The van der Waals surface area contributed by atoms with Crippen LogP contribution in [0.5, 0.6) is 0 Å². The lowest BCUT2D eigenvalue weighted by atomic mass is 9.61. The fourth-order valence-electron chi connectivity index (χ4n) is 3.60. The number of primary amides is 2. The van der Waals surface area contributed by atoms with Crippen LogP contribution in [-0.2, 0) is 9.59 Å². The highest BCUT2D eigenvalue weighted by Crippen LogP contribution is 2.45. The molecule has 3 atom stereocenters. The molecule has 0 heterocycles. The minimum atomic E-state index is -0.349. The summed E-state index contributed by atoms with van der Waals surface area (Å²) in [5.74, 6) is -0.553. The average Bonchev–Trinajstić information content (AvgIpc) is 2.42. The predicted molar refractivity (Wildman–Crippen MR) is 78.2 cm³/mol. The van der Waals surface area contributed by atoms with Crippen LogP contribution in [0.15, 0.2) is 0 Å². The summed E-state index contributed by atoms with van der Waals surface area (Å²) in [5.41, 5.74) is 22.2. The Labute approximate surface area is 120 Å². The Balaban J connectivity index is 2.79. The molecule has 3 unspecified atom stereocenters. The smallest absolute Gasteiger partial charge is 0.221 e. The highest BCUT2D eigenvalue weighted by molar-refractivity contribution is 5.78. The molecule has 8 N–H and O–H groups in total. The van der Waals surface area contributed by atoms with E-state index < -0.39 is 0 Å². The maximum Gasteiger partial charge on any atom is 0.221 e. The van der Waals surface area contributed by atoms with E-state index in [-0.39, 0.29) is 29.6 Å². The molecule has 6 nitrogen and oxygen atoms in total. The van der Waals surface area contributed by atoms with Gasteiger partial charge in [0.05, 0.1) is 0 Å². The van der Waals surface area contributed by atoms with E-state index in [1.54, 1.807) is 0 Å². The van der Waals surface area contributed by atoms with Crippen molar-refractivity contribution >= 4 is 11.8 Å². The molecule has 0 aromatic heterocycles. The topological polar surface area (TPSA) is 138 Å². The molecule has 1 aliphatic rings. The SMILES string of the molecule is NCC1CCCC(CN)(C(CCCC(N)=O)C(N)=O)C1. The zero-order valence-electron chi connectivity index (χ0n) is 12.1. The van der Waals surface area contributed by atoms with Gasteiger partial charge in [-0.2, -0.15) is 0 Å². The first-order valence-electron chi connectivity index (χ1n) is 7.43. The second-order valence-corrected chi connectivity index (χ2v) is 6.08.